The number of nitrogens with two attached hydrogens (primary N) is 2. The van der Waals surface area contributed by atoms with Gasteiger partial charge in [-0.1, -0.05) is 13.8 Å². The van der Waals surface area contributed by atoms with Crippen molar-refractivity contribution >= 4 is 5.91 Å². The third kappa shape index (κ3) is 2.86. The number of carbonyl (C=O) groups is 1. The molecule has 18 heavy (non-hydrogen) atoms. The van der Waals surface area contributed by atoms with Gasteiger partial charge in [0, 0.05) is 0 Å². The zero-order valence-corrected chi connectivity index (χ0v) is 11.5. The largest absolute Gasteiger partial charge is 0.376 e. The number of rotatable bonds is 5. The minimum Gasteiger partial charge on any atom is -0.376 e. The maximum Gasteiger partial charge on any atom is 0.240 e. The Morgan fingerprint density at radius 3 is 2.39 bits per heavy atom. The zero-order chi connectivity index (χ0) is 13.3. The second-order valence-corrected chi connectivity index (χ2v) is 6.38. The fourth-order valence-electron chi connectivity index (χ4n) is 2.89. The van der Waals surface area contributed by atoms with Gasteiger partial charge in [-0.2, -0.15) is 0 Å². The minimum atomic E-state index is -0.938. The third-order valence-corrected chi connectivity index (χ3v) is 4.87. The van der Waals surface area contributed by atoms with E-state index in [0.717, 1.165) is 31.6 Å². The lowest BCUT2D eigenvalue weighted by Gasteiger charge is -2.34. The van der Waals surface area contributed by atoms with Gasteiger partial charge in [-0.05, 0) is 49.9 Å². The average molecular weight is 254 g/mol. The molecule has 0 aromatic rings. The van der Waals surface area contributed by atoms with Crippen LogP contribution in [0.2, 0.25) is 0 Å². The van der Waals surface area contributed by atoms with E-state index in [1.54, 1.807) is 0 Å². The second kappa shape index (κ2) is 5.17. The third-order valence-electron chi connectivity index (χ3n) is 4.87. The molecule has 4 nitrogen and oxygen atoms in total. The van der Waals surface area contributed by atoms with Gasteiger partial charge in [0.15, 0.2) is 0 Å². The van der Waals surface area contributed by atoms with Crippen LogP contribution in [0.3, 0.4) is 0 Å². The Morgan fingerprint density at radius 2 is 1.89 bits per heavy atom. The number of carbonyl (C=O) groups excluding carboxylic acids is 1. The van der Waals surface area contributed by atoms with Crippen LogP contribution in [0.4, 0.5) is 0 Å². The standard InChI is InChI=1S/C14H26N2O2/c1-9-3-6-12(7-10(9)2)18-8-14(16,13(15)17)11-4-5-11/h9-12H,3-8,16H2,1-2H3,(H2,15,17). The molecule has 0 saturated heterocycles. The van der Waals surface area contributed by atoms with E-state index in [1.165, 1.54) is 6.42 Å². The molecule has 2 aliphatic rings. The first-order valence-electron chi connectivity index (χ1n) is 7.14. The topological polar surface area (TPSA) is 78.3 Å². The molecular weight excluding hydrogens is 228 g/mol. The van der Waals surface area contributed by atoms with Crippen LogP contribution in [0.5, 0.6) is 0 Å². The molecule has 2 saturated carbocycles. The van der Waals surface area contributed by atoms with Crippen molar-refractivity contribution in [3.8, 4) is 0 Å². The van der Waals surface area contributed by atoms with Gasteiger partial charge >= 0.3 is 0 Å². The molecule has 4 heteroatoms. The molecule has 0 aliphatic heterocycles. The van der Waals surface area contributed by atoms with Crippen LogP contribution in [0.15, 0.2) is 0 Å². The summed E-state index contributed by atoms with van der Waals surface area (Å²) in [6, 6.07) is 0. The SMILES string of the molecule is CC1CCC(OCC(N)(C(N)=O)C2CC2)CC1C. The van der Waals surface area contributed by atoms with E-state index >= 15 is 0 Å². The number of hydrogen-bond acceptors (Lipinski definition) is 3. The summed E-state index contributed by atoms with van der Waals surface area (Å²) in [4.78, 5) is 11.5. The fraction of sp³-hybridized carbons (Fsp3) is 0.929. The lowest BCUT2D eigenvalue weighted by molar-refractivity contribution is -0.128. The smallest absolute Gasteiger partial charge is 0.240 e. The van der Waals surface area contributed by atoms with E-state index in [4.69, 9.17) is 16.2 Å². The van der Waals surface area contributed by atoms with Crippen molar-refractivity contribution in [1.29, 1.82) is 0 Å². The Labute approximate surface area is 109 Å². The van der Waals surface area contributed by atoms with Gasteiger partial charge < -0.3 is 16.2 Å². The molecule has 0 radical (unpaired) electrons. The summed E-state index contributed by atoms with van der Waals surface area (Å²) in [5.41, 5.74) is 10.6. The van der Waals surface area contributed by atoms with Crippen LogP contribution in [0, 0.1) is 17.8 Å². The Bertz CT molecular complexity index is 317. The van der Waals surface area contributed by atoms with E-state index in [0.29, 0.717) is 12.5 Å². The molecular formula is C14H26N2O2. The van der Waals surface area contributed by atoms with Crippen molar-refractivity contribution in [2.75, 3.05) is 6.61 Å². The van der Waals surface area contributed by atoms with Crippen LogP contribution in [-0.2, 0) is 9.53 Å². The number of amides is 1. The van der Waals surface area contributed by atoms with Crippen molar-refractivity contribution in [2.45, 2.75) is 57.6 Å². The van der Waals surface area contributed by atoms with Gasteiger partial charge in [0.1, 0.15) is 5.54 Å². The van der Waals surface area contributed by atoms with Crippen LogP contribution in [0.1, 0.15) is 46.0 Å². The first-order chi connectivity index (χ1) is 8.43. The molecule has 0 aromatic carbocycles. The second-order valence-electron chi connectivity index (χ2n) is 6.38. The maximum absolute atomic E-state index is 11.5. The molecule has 4 N–H and O–H groups in total. The highest BCUT2D eigenvalue weighted by molar-refractivity contribution is 5.85. The van der Waals surface area contributed by atoms with Gasteiger partial charge in [0.05, 0.1) is 12.7 Å². The maximum atomic E-state index is 11.5. The molecule has 0 heterocycles. The number of ether oxygens (including phenoxy) is 1. The fourth-order valence-corrected chi connectivity index (χ4v) is 2.89. The van der Waals surface area contributed by atoms with Gasteiger partial charge in [0.25, 0.3) is 0 Å². The summed E-state index contributed by atoms with van der Waals surface area (Å²) in [5.74, 6) is 1.27. The van der Waals surface area contributed by atoms with E-state index in [2.05, 4.69) is 13.8 Å². The molecule has 4 unspecified atom stereocenters. The predicted molar refractivity (Wildman–Crippen MR) is 70.8 cm³/mol. The van der Waals surface area contributed by atoms with Crippen molar-refractivity contribution in [1.82, 2.24) is 0 Å². The van der Waals surface area contributed by atoms with Gasteiger partial charge in [0.2, 0.25) is 5.91 Å². The van der Waals surface area contributed by atoms with Gasteiger partial charge in [-0.3, -0.25) is 4.79 Å². The predicted octanol–water partition coefficient (Wildman–Crippen LogP) is 1.42. The van der Waals surface area contributed by atoms with Crippen LogP contribution >= 0.6 is 0 Å². The van der Waals surface area contributed by atoms with Crippen LogP contribution in [-0.4, -0.2) is 24.2 Å². The molecule has 2 aliphatic carbocycles. The van der Waals surface area contributed by atoms with Crippen molar-refractivity contribution < 1.29 is 9.53 Å². The quantitative estimate of drug-likeness (QED) is 0.779. The summed E-state index contributed by atoms with van der Waals surface area (Å²) >= 11 is 0. The molecule has 1 amide bonds. The monoisotopic (exact) mass is 254 g/mol. The van der Waals surface area contributed by atoms with E-state index in [1.807, 2.05) is 0 Å². The Balaban J connectivity index is 1.85. The van der Waals surface area contributed by atoms with E-state index in [-0.39, 0.29) is 12.0 Å². The highest BCUT2D eigenvalue weighted by Gasteiger charge is 2.47. The molecule has 0 bridgehead atoms. The lowest BCUT2D eigenvalue weighted by atomic mass is 9.80. The summed E-state index contributed by atoms with van der Waals surface area (Å²) in [6.07, 6.45) is 5.59. The Kier molecular flexibility index (Phi) is 3.97. The van der Waals surface area contributed by atoms with Crippen molar-refractivity contribution in [3.63, 3.8) is 0 Å². The summed E-state index contributed by atoms with van der Waals surface area (Å²) in [5, 5.41) is 0. The minimum absolute atomic E-state index is 0.231. The summed E-state index contributed by atoms with van der Waals surface area (Å²) in [7, 11) is 0. The highest BCUT2D eigenvalue weighted by Crippen LogP contribution is 2.39. The Hall–Kier alpha value is -0.610. The lowest BCUT2D eigenvalue weighted by Crippen LogP contribution is -2.58. The van der Waals surface area contributed by atoms with E-state index in [9.17, 15) is 4.79 Å². The molecule has 0 aromatic heterocycles. The molecule has 2 fully saturated rings. The number of hydrogen-bond donors (Lipinski definition) is 2. The van der Waals surface area contributed by atoms with Gasteiger partial charge in [-0.25, -0.2) is 0 Å². The summed E-state index contributed by atoms with van der Waals surface area (Å²) in [6.45, 7) is 4.85. The average Bonchev–Trinajstić information content (AvgIpc) is 3.14. The van der Waals surface area contributed by atoms with Crippen molar-refractivity contribution in [3.05, 3.63) is 0 Å². The van der Waals surface area contributed by atoms with Gasteiger partial charge in [-0.15, -0.1) is 0 Å². The van der Waals surface area contributed by atoms with E-state index < -0.39 is 11.4 Å². The van der Waals surface area contributed by atoms with Crippen LogP contribution in [0.25, 0.3) is 0 Å². The zero-order valence-electron chi connectivity index (χ0n) is 11.5. The highest BCUT2D eigenvalue weighted by atomic mass is 16.5. The Morgan fingerprint density at radius 1 is 1.22 bits per heavy atom. The first-order valence-corrected chi connectivity index (χ1v) is 7.14. The normalized spacial score (nSPS) is 36.1. The molecule has 4 atom stereocenters. The van der Waals surface area contributed by atoms with Crippen molar-refractivity contribution in [2.24, 2.45) is 29.2 Å². The number of primary amides is 1. The van der Waals surface area contributed by atoms with Crippen LogP contribution < -0.4 is 11.5 Å². The first kappa shape index (κ1) is 13.8. The summed E-state index contributed by atoms with van der Waals surface area (Å²) < 4.78 is 5.90. The molecule has 104 valence electrons. The molecule has 2 rings (SSSR count). The molecule has 0 spiro atoms.